The van der Waals surface area contributed by atoms with Gasteiger partial charge in [-0.1, -0.05) is 38.3 Å². The lowest BCUT2D eigenvalue weighted by atomic mass is 10.1. The summed E-state index contributed by atoms with van der Waals surface area (Å²) < 4.78 is 10.4. The Bertz CT molecular complexity index is 269. The molecule has 5 nitrogen and oxygen atoms in total. The van der Waals surface area contributed by atoms with Gasteiger partial charge in [0.15, 0.2) is 0 Å². The van der Waals surface area contributed by atoms with Gasteiger partial charge in [-0.2, -0.15) is 0 Å². The van der Waals surface area contributed by atoms with Crippen molar-refractivity contribution >= 4 is 0 Å². The Kier molecular flexibility index (Phi) is 9.05. The molecule has 1 saturated heterocycles. The number of unbranched alkanes of at least 4 members (excludes halogenated alkanes) is 4. The van der Waals surface area contributed by atoms with Gasteiger partial charge in [0, 0.05) is 0 Å². The van der Waals surface area contributed by atoms with Crippen molar-refractivity contribution in [1.82, 2.24) is 0 Å². The zero-order valence-electron chi connectivity index (χ0n) is 12.3. The van der Waals surface area contributed by atoms with Crippen LogP contribution >= 0.6 is 0 Å². The van der Waals surface area contributed by atoms with Crippen LogP contribution in [-0.2, 0) is 9.47 Å². The minimum absolute atomic E-state index is 0.0561. The summed E-state index contributed by atoms with van der Waals surface area (Å²) in [6, 6.07) is 0. The van der Waals surface area contributed by atoms with Gasteiger partial charge < -0.3 is 24.8 Å². The van der Waals surface area contributed by atoms with Crippen LogP contribution in [-0.4, -0.2) is 59.6 Å². The predicted molar refractivity (Wildman–Crippen MR) is 76.5 cm³/mol. The summed E-state index contributed by atoms with van der Waals surface area (Å²) in [6.07, 6.45) is 6.45. The third-order valence-electron chi connectivity index (χ3n) is 3.46. The third-order valence-corrected chi connectivity index (χ3v) is 3.46. The number of ether oxygens (including phenoxy) is 2. The molecule has 0 aliphatic carbocycles. The third kappa shape index (κ3) is 6.33. The molecule has 1 rings (SSSR count). The van der Waals surface area contributed by atoms with Gasteiger partial charge in [-0.15, -0.1) is 0 Å². The molecule has 5 heteroatoms. The van der Waals surface area contributed by atoms with E-state index in [0.29, 0.717) is 6.61 Å². The molecule has 0 radical (unpaired) electrons. The van der Waals surface area contributed by atoms with Crippen molar-refractivity contribution in [3.8, 4) is 0 Å². The molecule has 1 aliphatic rings. The molecule has 1 aliphatic heterocycles. The molecule has 0 spiro atoms. The number of aliphatic hydroxyl groups is 3. The topological polar surface area (TPSA) is 79.2 Å². The molecule has 1 heterocycles. The highest BCUT2D eigenvalue weighted by molar-refractivity contribution is 4.88. The lowest BCUT2D eigenvalue weighted by Crippen LogP contribution is -2.40. The summed E-state index contributed by atoms with van der Waals surface area (Å²) in [5, 5.41) is 28.7. The second kappa shape index (κ2) is 10.3. The van der Waals surface area contributed by atoms with E-state index in [4.69, 9.17) is 9.47 Å². The molecule has 4 atom stereocenters. The average Bonchev–Trinajstić information content (AvgIpc) is 2.77. The van der Waals surface area contributed by atoms with Crippen LogP contribution in [0.15, 0.2) is 12.2 Å². The van der Waals surface area contributed by atoms with E-state index in [1.165, 1.54) is 25.7 Å². The average molecular weight is 288 g/mol. The fourth-order valence-electron chi connectivity index (χ4n) is 2.19. The smallest absolute Gasteiger partial charge is 0.114 e. The van der Waals surface area contributed by atoms with Crippen molar-refractivity contribution in [3.05, 3.63) is 12.2 Å². The lowest BCUT2D eigenvalue weighted by molar-refractivity contribution is -0.0782. The standard InChI is InChI=1S/C15H28O5/c1-2-3-4-5-6-7-8-9-19-10-13(17)15-14(18)12(16)11-20-15/h7-8,12-18H,2-6,9-11H2,1H3/b8-7+/t12-,13+,14-,15-/m1/s1. The second-order valence-corrected chi connectivity index (χ2v) is 5.28. The van der Waals surface area contributed by atoms with E-state index in [-0.39, 0.29) is 13.2 Å². The monoisotopic (exact) mass is 288 g/mol. The fraction of sp³-hybridized carbons (Fsp3) is 0.867. The van der Waals surface area contributed by atoms with Crippen molar-refractivity contribution in [1.29, 1.82) is 0 Å². The van der Waals surface area contributed by atoms with Crippen molar-refractivity contribution in [2.45, 2.75) is 63.4 Å². The minimum atomic E-state index is -1.04. The summed E-state index contributed by atoms with van der Waals surface area (Å²) in [5.74, 6) is 0. The first-order valence-corrected chi connectivity index (χ1v) is 7.55. The molecule has 0 aromatic carbocycles. The van der Waals surface area contributed by atoms with E-state index in [9.17, 15) is 15.3 Å². The molecular formula is C15H28O5. The van der Waals surface area contributed by atoms with Crippen molar-refractivity contribution < 1.29 is 24.8 Å². The molecule has 20 heavy (non-hydrogen) atoms. The van der Waals surface area contributed by atoms with E-state index in [0.717, 1.165) is 6.42 Å². The second-order valence-electron chi connectivity index (χ2n) is 5.28. The van der Waals surface area contributed by atoms with Crippen LogP contribution in [0.2, 0.25) is 0 Å². The van der Waals surface area contributed by atoms with E-state index in [2.05, 4.69) is 13.0 Å². The highest BCUT2D eigenvalue weighted by atomic mass is 16.5. The highest BCUT2D eigenvalue weighted by Crippen LogP contribution is 2.17. The lowest BCUT2D eigenvalue weighted by Gasteiger charge is -2.20. The number of hydrogen-bond donors (Lipinski definition) is 3. The van der Waals surface area contributed by atoms with Crippen LogP contribution in [0.1, 0.15) is 39.0 Å². The minimum Gasteiger partial charge on any atom is -0.388 e. The number of aliphatic hydroxyl groups excluding tert-OH is 3. The summed E-state index contributed by atoms with van der Waals surface area (Å²) >= 11 is 0. The number of hydrogen-bond acceptors (Lipinski definition) is 5. The largest absolute Gasteiger partial charge is 0.388 e. The molecule has 0 amide bonds. The van der Waals surface area contributed by atoms with Crippen LogP contribution in [0, 0.1) is 0 Å². The predicted octanol–water partition coefficient (Wildman–Crippen LogP) is 1.01. The molecule has 0 bridgehead atoms. The van der Waals surface area contributed by atoms with Crippen LogP contribution in [0.3, 0.4) is 0 Å². The summed E-state index contributed by atoms with van der Waals surface area (Å²) in [4.78, 5) is 0. The number of allylic oxidation sites excluding steroid dienone is 1. The Hall–Kier alpha value is -0.460. The Labute approximate surface area is 121 Å². The number of rotatable bonds is 10. The molecule has 118 valence electrons. The first kappa shape index (κ1) is 17.6. The SMILES string of the molecule is CCCCCC/C=C/COC[C@H](O)[C@H]1OC[C@@H](O)[C@H]1O. The van der Waals surface area contributed by atoms with E-state index >= 15 is 0 Å². The molecule has 1 fully saturated rings. The van der Waals surface area contributed by atoms with Gasteiger partial charge in [0.1, 0.15) is 24.4 Å². The molecule has 0 unspecified atom stereocenters. The molecule has 0 saturated carbocycles. The quantitative estimate of drug-likeness (QED) is 0.413. The highest BCUT2D eigenvalue weighted by Gasteiger charge is 2.39. The van der Waals surface area contributed by atoms with Crippen molar-refractivity contribution in [2.24, 2.45) is 0 Å². The molecule has 3 N–H and O–H groups in total. The van der Waals surface area contributed by atoms with E-state index < -0.39 is 24.4 Å². The van der Waals surface area contributed by atoms with Gasteiger partial charge in [0.25, 0.3) is 0 Å². The Balaban J connectivity index is 2.02. The van der Waals surface area contributed by atoms with Gasteiger partial charge in [0.05, 0.1) is 19.8 Å². The Morgan fingerprint density at radius 1 is 1.25 bits per heavy atom. The van der Waals surface area contributed by atoms with Crippen LogP contribution < -0.4 is 0 Å². The van der Waals surface area contributed by atoms with Crippen molar-refractivity contribution in [2.75, 3.05) is 19.8 Å². The maximum Gasteiger partial charge on any atom is 0.114 e. The normalized spacial score (nSPS) is 28.3. The molecular weight excluding hydrogens is 260 g/mol. The van der Waals surface area contributed by atoms with E-state index in [1.54, 1.807) is 0 Å². The van der Waals surface area contributed by atoms with Gasteiger partial charge in [-0.25, -0.2) is 0 Å². The van der Waals surface area contributed by atoms with Crippen LogP contribution in [0.4, 0.5) is 0 Å². The zero-order valence-corrected chi connectivity index (χ0v) is 12.3. The Morgan fingerprint density at radius 2 is 2.05 bits per heavy atom. The maximum absolute atomic E-state index is 9.79. The van der Waals surface area contributed by atoms with Crippen molar-refractivity contribution in [3.63, 3.8) is 0 Å². The van der Waals surface area contributed by atoms with Gasteiger partial charge >= 0.3 is 0 Å². The van der Waals surface area contributed by atoms with Gasteiger partial charge in [-0.05, 0) is 12.8 Å². The molecule has 0 aromatic heterocycles. The van der Waals surface area contributed by atoms with Crippen LogP contribution in [0.25, 0.3) is 0 Å². The van der Waals surface area contributed by atoms with Gasteiger partial charge in [-0.3, -0.25) is 0 Å². The fourth-order valence-corrected chi connectivity index (χ4v) is 2.19. The van der Waals surface area contributed by atoms with E-state index in [1.807, 2.05) is 6.08 Å². The zero-order chi connectivity index (χ0) is 14.8. The first-order chi connectivity index (χ1) is 9.66. The summed E-state index contributed by atoms with van der Waals surface area (Å²) in [5.41, 5.74) is 0. The molecule has 0 aromatic rings. The summed E-state index contributed by atoms with van der Waals surface area (Å²) in [7, 11) is 0. The maximum atomic E-state index is 9.79. The Morgan fingerprint density at radius 3 is 2.70 bits per heavy atom. The summed E-state index contributed by atoms with van der Waals surface area (Å²) in [6.45, 7) is 2.78. The van der Waals surface area contributed by atoms with Gasteiger partial charge in [0.2, 0.25) is 0 Å². The van der Waals surface area contributed by atoms with Crippen LogP contribution in [0.5, 0.6) is 0 Å². The first-order valence-electron chi connectivity index (χ1n) is 7.55.